The minimum atomic E-state index is -0.309. The van der Waals surface area contributed by atoms with Crippen LogP contribution in [0.5, 0.6) is 5.75 Å². The molecule has 0 aliphatic carbocycles. The van der Waals surface area contributed by atoms with Gasteiger partial charge in [-0.25, -0.2) is 0 Å². The topological polar surface area (TPSA) is 26.3 Å². The van der Waals surface area contributed by atoms with Crippen LogP contribution in [0.3, 0.4) is 0 Å². The molecule has 0 radical (unpaired) electrons. The van der Waals surface area contributed by atoms with Crippen LogP contribution in [0.15, 0.2) is 78.9 Å². The van der Waals surface area contributed by atoms with E-state index in [1.54, 1.807) is 0 Å². The molecule has 0 saturated carbocycles. The van der Waals surface area contributed by atoms with Crippen molar-refractivity contribution in [1.29, 1.82) is 0 Å². The lowest BCUT2D eigenvalue weighted by atomic mass is 9.93. The second kappa shape index (κ2) is 6.22. The SMILES string of the molecule is CC(=O)Oc1cccc(-c2c3ccccc3cc3sc4ccccc4c23)c1. The summed E-state index contributed by atoms with van der Waals surface area (Å²) in [5.41, 5.74) is 2.24. The first-order valence-corrected chi connectivity index (χ1v) is 9.64. The zero-order chi connectivity index (χ0) is 18.4. The summed E-state index contributed by atoms with van der Waals surface area (Å²) in [5, 5.41) is 4.93. The van der Waals surface area contributed by atoms with Crippen molar-refractivity contribution in [2.24, 2.45) is 0 Å². The van der Waals surface area contributed by atoms with E-state index < -0.39 is 0 Å². The number of fused-ring (bicyclic) bond motifs is 4. The van der Waals surface area contributed by atoms with Crippen LogP contribution in [0.2, 0.25) is 0 Å². The molecule has 2 nitrogen and oxygen atoms in total. The van der Waals surface area contributed by atoms with Crippen molar-refractivity contribution in [3.05, 3.63) is 78.9 Å². The summed E-state index contributed by atoms with van der Waals surface area (Å²) in [6, 6.07) is 27.0. The second-order valence-corrected chi connectivity index (χ2v) is 7.65. The Labute approximate surface area is 160 Å². The number of benzene rings is 4. The van der Waals surface area contributed by atoms with Gasteiger partial charge < -0.3 is 4.74 Å². The fourth-order valence-corrected chi connectivity index (χ4v) is 4.89. The Morgan fingerprint density at radius 2 is 1.59 bits per heavy atom. The summed E-state index contributed by atoms with van der Waals surface area (Å²) in [7, 11) is 0. The molecule has 3 heteroatoms. The number of ether oxygens (including phenoxy) is 1. The molecule has 5 aromatic rings. The molecular weight excluding hydrogens is 352 g/mol. The van der Waals surface area contributed by atoms with Crippen molar-refractivity contribution in [2.75, 3.05) is 0 Å². The summed E-state index contributed by atoms with van der Waals surface area (Å²) in [5.74, 6) is 0.261. The quantitative estimate of drug-likeness (QED) is 0.253. The highest BCUT2D eigenvalue weighted by molar-refractivity contribution is 7.26. The van der Waals surface area contributed by atoms with Crippen LogP contribution in [-0.4, -0.2) is 5.97 Å². The van der Waals surface area contributed by atoms with Crippen molar-refractivity contribution >= 4 is 48.3 Å². The lowest BCUT2D eigenvalue weighted by Gasteiger charge is -2.11. The minimum Gasteiger partial charge on any atom is -0.427 e. The average molecular weight is 368 g/mol. The summed E-state index contributed by atoms with van der Waals surface area (Å²) >= 11 is 1.81. The average Bonchev–Trinajstić information content (AvgIpc) is 3.03. The number of hydrogen-bond donors (Lipinski definition) is 0. The molecule has 5 rings (SSSR count). The Bertz CT molecular complexity index is 1330. The normalized spacial score (nSPS) is 11.3. The van der Waals surface area contributed by atoms with Gasteiger partial charge in [0.15, 0.2) is 0 Å². The van der Waals surface area contributed by atoms with Crippen LogP contribution in [0, 0.1) is 0 Å². The van der Waals surface area contributed by atoms with Crippen LogP contribution in [-0.2, 0) is 4.79 Å². The highest BCUT2D eigenvalue weighted by atomic mass is 32.1. The van der Waals surface area contributed by atoms with Crippen molar-refractivity contribution < 1.29 is 9.53 Å². The van der Waals surface area contributed by atoms with Gasteiger partial charge in [0.25, 0.3) is 0 Å². The third kappa shape index (κ3) is 2.68. The summed E-state index contributed by atoms with van der Waals surface area (Å²) in [4.78, 5) is 11.4. The Kier molecular flexibility index (Phi) is 3.69. The van der Waals surface area contributed by atoms with E-state index in [1.807, 2.05) is 29.5 Å². The first-order valence-electron chi connectivity index (χ1n) is 8.82. The third-order valence-corrected chi connectivity index (χ3v) is 5.89. The number of thiophene rings is 1. The smallest absolute Gasteiger partial charge is 0.308 e. The molecule has 1 heterocycles. The van der Waals surface area contributed by atoms with Gasteiger partial charge in [-0.2, -0.15) is 0 Å². The lowest BCUT2D eigenvalue weighted by Crippen LogP contribution is -2.01. The van der Waals surface area contributed by atoms with E-state index in [2.05, 4.69) is 60.7 Å². The van der Waals surface area contributed by atoms with E-state index >= 15 is 0 Å². The lowest BCUT2D eigenvalue weighted by molar-refractivity contribution is -0.131. The van der Waals surface area contributed by atoms with Gasteiger partial charge in [0.1, 0.15) is 5.75 Å². The summed E-state index contributed by atoms with van der Waals surface area (Å²) < 4.78 is 7.88. The van der Waals surface area contributed by atoms with E-state index in [-0.39, 0.29) is 5.97 Å². The predicted molar refractivity (Wildman–Crippen MR) is 114 cm³/mol. The Morgan fingerprint density at radius 1 is 0.815 bits per heavy atom. The molecule has 0 spiro atoms. The zero-order valence-electron chi connectivity index (χ0n) is 14.7. The van der Waals surface area contributed by atoms with Crippen LogP contribution in [0.25, 0.3) is 42.1 Å². The largest absolute Gasteiger partial charge is 0.427 e. The van der Waals surface area contributed by atoms with Crippen molar-refractivity contribution in [3.8, 4) is 16.9 Å². The van der Waals surface area contributed by atoms with Crippen molar-refractivity contribution in [2.45, 2.75) is 6.92 Å². The molecule has 0 atom stereocenters. The highest BCUT2D eigenvalue weighted by Gasteiger charge is 2.15. The Morgan fingerprint density at radius 3 is 2.44 bits per heavy atom. The van der Waals surface area contributed by atoms with E-state index in [9.17, 15) is 4.79 Å². The molecule has 0 bridgehead atoms. The van der Waals surface area contributed by atoms with E-state index in [1.165, 1.54) is 43.4 Å². The molecule has 0 amide bonds. The monoisotopic (exact) mass is 368 g/mol. The van der Waals surface area contributed by atoms with Gasteiger partial charge in [0, 0.05) is 27.1 Å². The van der Waals surface area contributed by atoms with Crippen LogP contribution < -0.4 is 4.74 Å². The Hall–Kier alpha value is -3.17. The van der Waals surface area contributed by atoms with Crippen molar-refractivity contribution in [3.63, 3.8) is 0 Å². The number of rotatable bonds is 2. The number of hydrogen-bond acceptors (Lipinski definition) is 3. The van der Waals surface area contributed by atoms with Gasteiger partial charge in [-0.1, -0.05) is 54.6 Å². The fourth-order valence-electron chi connectivity index (χ4n) is 3.73. The van der Waals surface area contributed by atoms with Crippen molar-refractivity contribution in [1.82, 2.24) is 0 Å². The Balaban J connectivity index is 1.92. The number of carbonyl (C=O) groups excluding carboxylic acids is 1. The minimum absolute atomic E-state index is 0.309. The standard InChI is InChI=1S/C24H16O2S/c1-15(25)26-18-9-6-8-17(13-18)23-19-10-3-2-7-16(19)14-22-24(23)20-11-4-5-12-21(20)27-22/h2-14H,1H3. The second-order valence-electron chi connectivity index (χ2n) is 6.57. The molecular formula is C24H16O2S. The highest BCUT2D eigenvalue weighted by Crippen LogP contribution is 2.44. The fraction of sp³-hybridized carbons (Fsp3) is 0.0417. The first kappa shape index (κ1) is 16.0. The number of esters is 1. The van der Waals surface area contributed by atoms with Gasteiger partial charge in [-0.05, 0) is 46.2 Å². The summed E-state index contributed by atoms with van der Waals surface area (Å²) in [6.45, 7) is 1.43. The maximum absolute atomic E-state index is 11.4. The van der Waals surface area contributed by atoms with Crippen LogP contribution >= 0.6 is 11.3 Å². The van der Waals surface area contributed by atoms with Gasteiger partial charge in [-0.3, -0.25) is 4.79 Å². The molecule has 0 aliphatic rings. The number of carbonyl (C=O) groups is 1. The molecule has 0 unspecified atom stereocenters. The first-order chi connectivity index (χ1) is 13.2. The third-order valence-electron chi connectivity index (χ3n) is 4.77. The van der Waals surface area contributed by atoms with E-state index in [4.69, 9.17) is 4.74 Å². The van der Waals surface area contributed by atoms with Gasteiger partial charge in [0.2, 0.25) is 0 Å². The maximum atomic E-state index is 11.4. The zero-order valence-corrected chi connectivity index (χ0v) is 15.5. The van der Waals surface area contributed by atoms with Gasteiger partial charge in [0.05, 0.1) is 0 Å². The molecule has 0 aliphatic heterocycles. The van der Waals surface area contributed by atoms with Crippen LogP contribution in [0.1, 0.15) is 6.92 Å². The summed E-state index contributed by atoms with van der Waals surface area (Å²) in [6.07, 6.45) is 0. The molecule has 0 fully saturated rings. The van der Waals surface area contributed by atoms with Crippen LogP contribution in [0.4, 0.5) is 0 Å². The predicted octanol–water partition coefficient (Wildman–Crippen LogP) is 6.80. The van der Waals surface area contributed by atoms with Gasteiger partial charge in [-0.15, -0.1) is 11.3 Å². The maximum Gasteiger partial charge on any atom is 0.308 e. The molecule has 1 aromatic heterocycles. The molecule has 130 valence electrons. The molecule has 0 saturated heterocycles. The molecule has 4 aromatic carbocycles. The molecule has 27 heavy (non-hydrogen) atoms. The van der Waals surface area contributed by atoms with Gasteiger partial charge >= 0.3 is 5.97 Å². The molecule has 0 N–H and O–H groups in total. The van der Waals surface area contributed by atoms with E-state index in [0.717, 1.165) is 5.56 Å². The van der Waals surface area contributed by atoms with E-state index in [0.29, 0.717) is 5.75 Å².